The van der Waals surface area contributed by atoms with E-state index in [4.69, 9.17) is 16.3 Å². The third-order valence-corrected chi connectivity index (χ3v) is 6.60. The minimum Gasteiger partial charge on any atom is -0.455 e. The van der Waals surface area contributed by atoms with E-state index in [1.807, 2.05) is 0 Å². The van der Waals surface area contributed by atoms with Gasteiger partial charge in [-0.05, 0) is 55.4 Å². The Morgan fingerprint density at radius 3 is 2.23 bits per heavy atom. The summed E-state index contributed by atoms with van der Waals surface area (Å²) in [6.45, 7) is -0.644. The fourth-order valence-corrected chi connectivity index (χ4v) is 5.07. The molecular formula is C21H22ClN3O6. The van der Waals surface area contributed by atoms with E-state index >= 15 is 0 Å². The van der Waals surface area contributed by atoms with E-state index in [0.717, 1.165) is 19.3 Å². The lowest BCUT2D eigenvalue weighted by Gasteiger charge is -2.19. The monoisotopic (exact) mass is 447 g/mol. The average Bonchev–Trinajstić information content (AvgIpc) is 3.44. The number of rotatable bonds is 6. The van der Waals surface area contributed by atoms with Crippen molar-refractivity contribution in [3.8, 4) is 0 Å². The number of hydrogen-bond acceptors (Lipinski definition) is 6. The van der Waals surface area contributed by atoms with Gasteiger partial charge in [0, 0.05) is 17.1 Å². The fraction of sp³-hybridized carbons (Fsp3) is 0.476. The van der Waals surface area contributed by atoms with Gasteiger partial charge in [-0.3, -0.25) is 39.7 Å². The molecule has 9 nitrogen and oxygen atoms in total. The van der Waals surface area contributed by atoms with Crippen molar-refractivity contribution in [2.75, 3.05) is 13.2 Å². The van der Waals surface area contributed by atoms with Crippen LogP contribution in [0.2, 0.25) is 5.02 Å². The van der Waals surface area contributed by atoms with Crippen molar-refractivity contribution >= 4 is 41.2 Å². The predicted molar refractivity (Wildman–Crippen MR) is 107 cm³/mol. The molecule has 1 heterocycles. The van der Waals surface area contributed by atoms with Crippen molar-refractivity contribution in [1.82, 2.24) is 15.8 Å². The molecule has 0 unspecified atom stereocenters. The SMILES string of the molecule is O=C(COC(=O)CCN1C(=O)[C@H]2[C@H]3CC[C@@H](C3)[C@@H]2C1=O)NNC(=O)c1ccc(Cl)cc1. The quantitative estimate of drug-likeness (QED) is 0.382. The highest BCUT2D eigenvalue weighted by Crippen LogP contribution is 2.56. The Bertz CT molecular complexity index is 906. The van der Waals surface area contributed by atoms with Crippen LogP contribution < -0.4 is 10.9 Å². The maximum Gasteiger partial charge on any atom is 0.308 e. The highest BCUT2D eigenvalue weighted by Gasteiger charge is 2.60. The number of likely N-dealkylation sites (tertiary alicyclic amines) is 1. The molecule has 164 valence electrons. The summed E-state index contributed by atoms with van der Waals surface area (Å²) in [6.07, 6.45) is 2.75. The number of imide groups is 1. The highest BCUT2D eigenvalue weighted by atomic mass is 35.5. The van der Waals surface area contributed by atoms with Gasteiger partial charge in [0.2, 0.25) is 11.8 Å². The molecule has 10 heteroatoms. The Labute approximate surface area is 183 Å². The Morgan fingerprint density at radius 2 is 1.61 bits per heavy atom. The summed E-state index contributed by atoms with van der Waals surface area (Å²) in [5.41, 5.74) is 4.63. The van der Waals surface area contributed by atoms with Crippen molar-refractivity contribution in [1.29, 1.82) is 0 Å². The topological polar surface area (TPSA) is 122 Å². The molecule has 1 aromatic carbocycles. The lowest BCUT2D eigenvalue weighted by Crippen LogP contribution is -2.43. The normalized spacial score (nSPS) is 26.0. The average molecular weight is 448 g/mol. The number of hydrogen-bond donors (Lipinski definition) is 2. The number of halogens is 1. The minimum absolute atomic E-state index is 0.0438. The van der Waals surface area contributed by atoms with Gasteiger partial charge in [-0.15, -0.1) is 0 Å². The number of esters is 1. The Morgan fingerprint density at radius 1 is 1.00 bits per heavy atom. The predicted octanol–water partition coefficient (Wildman–Crippen LogP) is 1.07. The molecule has 4 rings (SSSR count). The number of nitrogens with zero attached hydrogens (tertiary/aromatic N) is 1. The molecule has 4 atom stereocenters. The lowest BCUT2D eigenvalue weighted by atomic mass is 9.81. The van der Waals surface area contributed by atoms with Gasteiger partial charge >= 0.3 is 5.97 Å². The van der Waals surface area contributed by atoms with Crippen LogP contribution in [0.5, 0.6) is 0 Å². The zero-order chi connectivity index (χ0) is 22.1. The van der Waals surface area contributed by atoms with E-state index in [0.29, 0.717) is 10.6 Å². The number of fused-ring (bicyclic) bond motifs is 5. The van der Waals surface area contributed by atoms with Gasteiger partial charge in [0.1, 0.15) is 0 Å². The van der Waals surface area contributed by atoms with E-state index in [9.17, 15) is 24.0 Å². The summed E-state index contributed by atoms with van der Waals surface area (Å²) in [5.74, 6) is -2.23. The van der Waals surface area contributed by atoms with Gasteiger partial charge in [0.15, 0.2) is 6.61 Å². The molecule has 3 aliphatic rings. The standard InChI is InChI=1S/C21H22ClN3O6/c22-14-5-3-11(4-6-14)19(28)24-23-15(26)10-31-16(27)7-8-25-20(29)17-12-1-2-13(9-12)18(17)21(25)30/h3-6,12-13,17-18H,1-2,7-10H2,(H,23,26)(H,24,28)/t12-,13-,17-,18-/m0/s1. The number of hydrazine groups is 1. The van der Waals surface area contributed by atoms with E-state index in [-0.39, 0.29) is 48.5 Å². The fourth-order valence-electron chi connectivity index (χ4n) is 4.95. The molecule has 0 aromatic heterocycles. The second kappa shape index (κ2) is 8.66. The number of carbonyl (C=O) groups is 5. The number of ether oxygens (including phenoxy) is 1. The maximum absolute atomic E-state index is 12.6. The van der Waals surface area contributed by atoms with Crippen LogP contribution >= 0.6 is 11.6 Å². The summed E-state index contributed by atoms with van der Waals surface area (Å²) in [6, 6.07) is 6.05. The highest BCUT2D eigenvalue weighted by molar-refractivity contribution is 6.30. The van der Waals surface area contributed by atoms with Gasteiger partial charge < -0.3 is 4.74 Å². The molecule has 2 bridgehead atoms. The summed E-state index contributed by atoms with van der Waals surface area (Å²) < 4.78 is 4.87. The first-order valence-corrected chi connectivity index (χ1v) is 10.6. The van der Waals surface area contributed by atoms with Crippen LogP contribution in [0.1, 0.15) is 36.0 Å². The largest absolute Gasteiger partial charge is 0.455 e. The Hall–Kier alpha value is -2.94. The molecule has 31 heavy (non-hydrogen) atoms. The lowest BCUT2D eigenvalue weighted by molar-refractivity contribution is -0.150. The number of benzene rings is 1. The zero-order valence-electron chi connectivity index (χ0n) is 16.6. The molecule has 1 aromatic rings. The number of nitrogens with one attached hydrogen (secondary N) is 2. The second-order valence-corrected chi connectivity index (χ2v) is 8.57. The summed E-state index contributed by atoms with van der Waals surface area (Å²) in [4.78, 5) is 62.0. The van der Waals surface area contributed by atoms with Gasteiger partial charge in [0.25, 0.3) is 11.8 Å². The van der Waals surface area contributed by atoms with Crippen molar-refractivity contribution in [3.05, 3.63) is 34.9 Å². The van der Waals surface area contributed by atoms with Crippen molar-refractivity contribution in [2.45, 2.75) is 25.7 Å². The molecule has 2 aliphatic carbocycles. The molecule has 2 saturated carbocycles. The van der Waals surface area contributed by atoms with Crippen molar-refractivity contribution in [2.24, 2.45) is 23.7 Å². The van der Waals surface area contributed by atoms with Crippen LogP contribution in [-0.4, -0.2) is 47.6 Å². The van der Waals surface area contributed by atoms with Crippen LogP contribution in [0.3, 0.4) is 0 Å². The van der Waals surface area contributed by atoms with Crippen molar-refractivity contribution < 1.29 is 28.7 Å². The molecule has 0 spiro atoms. The van der Waals surface area contributed by atoms with Crippen LogP contribution in [0.15, 0.2) is 24.3 Å². The molecular weight excluding hydrogens is 426 g/mol. The summed E-state index contributed by atoms with van der Waals surface area (Å²) in [7, 11) is 0. The van der Waals surface area contributed by atoms with Crippen LogP contribution in [-0.2, 0) is 23.9 Å². The molecule has 4 amide bonds. The first-order chi connectivity index (χ1) is 14.8. The van der Waals surface area contributed by atoms with Gasteiger partial charge in [-0.1, -0.05) is 11.6 Å². The van der Waals surface area contributed by atoms with E-state index in [2.05, 4.69) is 10.9 Å². The molecule has 1 saturated heterocycles. The summed E-state index contributed by atoms with van der Waals surface area (Å²) in [5, 5.41) is 0.473. The van der Waals surface area contributed by atoms with Crippen LogP contribution in [0.4, 0.5) is 0 Å². The molecule has 2 N–H and O–H groups in total. The maximum atomic E-state index is 12.6. The van der Waals surface area contributed by atoms with Gasteiger partial charge in [-0.2, -0.15) is 0 Å². The van der Waals surface area contributed by atoms with Crippen molar-refractivity contribution in [3.63, 3.8) is 0 Å². The van der Waals surface area contributed by atoms with Gasteiger partial charge in [0.05, 0.1) is 18.3 Å². The molecule has 0 radical (unpaired) electrons. The first-order valence-electron chi connectivity index (χ1n) is 10.2. The minimum atomic E-state index is -0.727. The third kappa shape index (κ3) is 4.27. The number of carbonyl (C=O) groups excluding carboxylic acids is 5. The first kappa shape index (κ1) is 21.3. The van der Waals surface area contributed by atoms with Gasteiger partial charge in [-0.25, -0.2) is 0 Å². The smallest absolute Gasteiger partial charge is 0.308 e. The number of amides is 4. The Balaban J connectivity index is 1.17. The third-order valence-electron chi connectivity index (χ3n) is 6.34. The van der Waals surface area contributed by atoms with Crippen LogP contribution in [0, 0.1) is 23.7 Å². The Kier molecular flexibility index (Phi) is 5.95. The van der Waals surface area contributed by atoms with E-state index in [1.165, 1.54) is 29.2 Å². The van der Waals surface area contributed by atoms with E-state index in [1.54, 1.807) is 0 Å². The second-order valence-electron chi connectivity index (χ2n) is 8.13. The zero-order valence-corrected chi connectivity index (χ0v) is 17.4. The van der Waals surface area contributed by atoms with E-state index < -0.39 is 24.4 Å². The summed E-state index contributed by atoms with van der Waals surface area (Å²) >= 11 is 5.75. The molecule has 3 fully saturated rings. The van der Waals surface area contributed by atoms with Crippen LogP contribution in [0.25, 0.3) is 0 Å². The molecule has 1 aliphatic heterocycles.